The lowest BCUT2D eigenvalue weighted by Gasteiger charge is -2.02. The summed E-state index contributed by atoms with van der Waals surface area (Å²) in [5.41, 5.74) is 2.69. The number of hydrogen-bond acceptors (Lipinski definition) is 1. The minimum absolute atomic E-state index is 1.03. The third-order valence-corrected chi connectivity index (χ3v) is 3.95. The fourth-order valence-electron chi connectivity index (χ4n) is 1.38. The van der Waals surface area contributed by atoms with E-state index < -0.39 is 0 Å². The zero-order chi connectivity index (χ0) is 11.4. The average molecular weight is 293 g/mol. The van der Waals surface area contributed by atoms with Crippen LogP contribution in [0.1, 0.15) is 11.1 Å². The lowest BCUT2D eigenvalue weighted by molar-refractivity contribution is 1.35. The van der Waals surface area contributed by atoms with Crippen LogP contribution < -0.4 is 0 Å². The predicted octanol–water partition coefficient (Wildman–Crippen LogP) is 5.05. The van der Waals surface area contributed by atoms with Crippen molar-refractivity contribution in [2.75, 3.05) is 0 Å². The second-order valence-electron chi connectivity index (χ2n) is 3.73. The smallest absolute Gasteiger partial charge is 0.0231 e. The Balaban J connectivity index is 1.97. The van der Waals surface area contributed by atoms with Crippen LogP contribution in [-0.4, -0.2) is 0 Å². The summed E-state index contributed by atoms with van der Waals surface area (Å²) in [7, 11) is 0. The van der Waals surface area contributed by atoms with Crippen LogP contribution in [0.3, 0.4) is 0 Å². The molecule has 0 aliphatic rings. The normalized spacial score (nSPS) is 10.4. The summed E-state index contributed by atoms with van der Waals surface area (Å²) < 4.78 is 1.13. The minimum Gasteiger partial charge on any atom is -0.121 e. The number of halogens is 1. The van der Waals surface area contributed by atoms with Crippen molar-refractivity contribution in [3.8, 4) is 0 Å². The first kappa shape index (κ1) is 11.7. The van der Waals surface area contributed by atoms with Gasteiger partial charge in [0.25, 0.3) is 0 Å². The molecule has 0 radical (unpaired) electrons. The summed E-state index contributed by atoms with van der Waals surface area (Å²) in [6.45, 7) is 2.12. The van der Waals surface area contributed by atoms with Gasteiger partial charge in [0.1, 0.15) is 0 Å². The number of thioether (sulfide) groups is 1. The molecule has 0 unspecified atom stereocenters. The molecule has 0 fully saturated rings. The highest BCUT2D eigenvalue weighted by Gasteiger charge is 1.96. The molecule has 0 saturated carbocycles. The number of benzene rings is 2. The van der Waals surface area contributed by atoms with Crippen molar-refractivity contribution in [3.63, 3.8) is 0 Å². The quantitative estimate of drug-likeness (QED) is 0.714. The molecule has 0 atom stereocenters. The standard InChI is InChI=1S/C14H13BrS/c1-11-2-4-12(5-3-11)10-16-14-8-6-13(15)7-9-14/h2-9H,10H2,1H3. The van der Waals surface area contributed by atoms with Crippen LogP contribution in [0.15, 0.2) is 57.9 Å². The molecule has 0 spiro atoms. The SMILES string of the molecule is Cc1ccc(CSc2ccc(Br)cc2)cc1. The van der Waals surface area contributed by atoms with Crippen molar-refractivity contribution in [2.45, 2.75) is 17.6 Å². The van der Waals surface area contributed by atoms with Gasteiger partial charge in [0, 0.05) is 15.1 Å². The number of rotatable bonds is 3. The fraction of sp³-hybridized carbons (Fsp3) is 0.143. The molecule has 0 bridgehead atoms. The third kappa shape index (κ3) is 3.39. The highest BCUT2D eigenvalue weighted by atomic mass is 79.9. The summed E-state index contributed by atoms with van der Waals surface area (Å²) in [4.78, 5) is 1.31. The number of hydrogen-bond donors (Lipinski definition) is 0. The van der Waals surface area contributed by atoms with E-state index in [1.807, 2.05) is 11.8 Å². The van der Waals surface area contributed by atoms with Crippen LogP contribution in [0.2, 0.25) is 0 Å². The van der Waals surface area contributed by atoms with E-state index in [4.69, 9.17) is 0 Å². The zero-order valence-corrected chi connectivity index (χ0v) is 11.5. The molecule has 2 aromatic rings. The van der Waals surface area contributed by atoms with Crippen molar-refractivity contribution in [3.05, 3.63) is 64.1 Å². The Morgan fingerprint density at radius 1 is 0.938 bits per heavy atom. The van der Waals surface area contributed by atoms with E-state index in [9.17, 15) is 0 Å². The maximum Gasteiger partial charge on any atom is 0.0231 e. The van der Waals surface area contributed by atoms with Gasteiger partial charge in [0.2, 0.25) is 0 Å². The molecule has 0 N–H and O–H groups in total. The van der Waals surface area contributed by atoms with Gasteiger partial charge < -0.3 is 0 Å². The molecule has 0 nitrogen and oxygen atoms in total. The van der Waals surface area contributed by atoms with E-state index in [2.05, 4.69) is 71.4 Å². The second-order valence-corrected chi connectivity index (χ2v) is 5.69. The Kier molecular flexibility index (Phi) is 4.08. The van der Waals surface area contributed by atoms with Crippen molar-refractivity contribution < 1.29 is 0 Å². The van der Waals surface area contributed by atoms with Gasteiger partial charge in [-0.1, -0.05) is 45.8 Å². The molecule has 0 saturated heterocycles. The highest BCUT2D eigenvalue weighted by molar-refractivity contribution is 9.10. The first-order valence-electron chi connectivity index (χ1n) is 5.18. The maximum absolute atomic E-state index is 3.44. The van der Waals surface area contributed by atoms with Gasteiger partial charge in [0.05, 0.1) is 0 Å². The Hall–Kier alpha value is -0.730. The van der Waals surface area contributed by atoms with Crippen LogP contribution in [0.25, 0.3) is 0 Å². The molecule has 0 aliphatic carbocycles. The second kappa shape index (κ2) is 5.55. The lowest BCUT2D eigenvalue weighted by atomic mass is 10.2. The fourth-order valence-corrected chi connectivity index (χ4v) is 2.50. The molecule has 0 amide bonds. The van der Waals surface area contributed by atoms with Crippen LogP contribution in [0, 0.1) is 6.92 Å². The van der Waals surface area contributed by atoms with Crippen LogP contribution >= 0.6 is 27.7 Å². The van der Waals surface area contributed by atoms with E-state index in [0.717, 1.165) is 10.2 Å². The van der Waals surface area contributed by atoms with E-state index in [1.165, 1.54) is 16.0 Å². The molecule has 2 aromatic carbocycles. The molecule has 82 valence electrons. The van der Waals surface area contributed by atoms with E-state index >= 15 is 0 Å². The molecule has 0 aromatic heterocycles. The monoisotopic (exact) mass is 292 g/mol. The first-order chi connectivity index (χ1) is 7.74. The summed E-state index contributed by atoms with van der Waals surface area (Å²) >= 11 is 5.31. The van der Waals surface area contributed by atoms with Gasteiger partial charge in [-0.3, -0.25) is 0 Å². The molecule has 0 heterocycles. The van der Waals surface area contributed by atoms with Crippen LogP contribution in [0.5, 0.6) is 0 Å². The molecule has 16 heavy (non-hydrogen) atoms. The first-order valence-corrected chi connectivity index (χ1v) is 6.96. The maximum atomic E-state index is 3.44. The lowest BCUT2D eigenvalue weighted by Crippen LogP contribution is -1.80. The average Bonchev–Trinajstić information content (AvgIpc) is 2.30. The predicted molar refractivity (Wildman–Crippen MR) is 74.9 cm³/mol. The van der Waals surface area contributed by atoms with Gasteiger partial charge in [-0.05, 0) is 36.8 Å². The summed E-state index contributed by atoms with van der Waals surface area (Å²) in [6, 6.07) is 17.2. The molecule has 0 aliphatic heterocycles. The van der Waals surface area contributed by atoms with Gasteiger partial charge in [-0.2, -0.15) is 0 Å². The Morgan fingerprint density at radius 2 is 1.56 bits per heavy atom. The molecule has 2 heteroatoms. The van der Waals surface area contributed by atoms with Gasteiger partial charge in [-0.15, -0.1) is 11.8 Å². The summed E-state index contributed by atoms with van der Waals surface area (Å²) in [5.74, 6) is 1.03. The summed E-state index contributed by atoms with van der Waals surface area (Å²) in [5, 5.41) is 0. The Bertz CT molecular complexity index is 400. The van der Waals surface area contributed by atoms with Crippen molar-refractivity contribution >= 4 is 27.7 Å². The van der Waals surface area contributed by atoms with Crippen LogP contribution in [-0.2, 0) is 5.75 Å². The van der Waals surface area contributed by atoms with Gasteiger partial charge >= 0.3 is 0 Å². The van der Waals surface area contributed by atoms with Crippen molar-refractivity contribution in [1.82, 2.24) is 0 Å². The number of aryl methyl sites for hydroxylation is 1. The summed E-state index contributed by atoms with van der Waals surface area (Å²) in [6.07, 6.45) is 0. The van der Waals surface area contributed by atoms with E-state index in [0.29, 0.717) is 0 Å². The molecular weight excluding hydrogens is 280 g/mol. The van der Waals surface area contributed by atoms with Crippen molar-refractivity contribution in [1.29, 1.82) is 0 Å². The van der Waals surface area contributed by atoms with Crippen LogP contribution in [0.4, 0.5) is 0 Å². The van der Waals surface area contributed by atoms with E-state index in [1.54, 1.807) is 0 Å². The van der Waals surface area contributed by atoms with Crippen molar-refractivity contribution in [2.24, 2.45) is 0 Å². The van der Waals surface area contributed by atoms with Gasteiger partial charge in [-0.25, -0.2) is 0 Å². The highest BCUT2D eigenvalue weighted by Crippen LogP contribution is 2.24. The molecule has 2 rings (SSSR count). The Labute approximate surface area is 109 Å². The Morgan fingerprint density at radius 3 is 2.19 bits per heavy atom. The van der Waals surface area contributed by atoms with E-state index in [-0.39, 0.29) is 0 Å². The largest absolute Gasteiger partial charge is 0.121 e. The zero-order valence-electron chi connectivity index (χ0n) is 9.11. The topological polar surface area (TPSA) is 0 Å². The molecular formula is C14H13BrS. The third-order valence-electron chi connectivity index (χ3n) is 2.34. The van der Waals surface area contributed by atoms with Gasteiger partial charge in [0.15, 0.2) is 0 Å². The minimum atomic E-state index is 1.03.